The lowest BCUT2D eigenvalue weighted by molar-refractivity contribution is -0.123. The van der Waals surface area contributed by atoms with Crippen molar-refractivity contribution in [1.29, 1.82) is 0 Å². The van der Waals surface area contributed by atoms with E-state index in [9.17, 15) is 9.18 Å². The van der Waals surface area contributed by atoms with Gasteiger partial charge in [0, 0.05) is 11.8 Å². The number of para-hydroxylation sites is 1. The molecule has 0 radical (unpaired) electrons. The van der Waals surface area contributed by atoms with Gasteiger partial charge in [-0.25, -0.2) is 4.39 Å². The zero-order valence-electron chi connectivity index (χ0n) is 13.5. The maximum Gasteiger partial charge on any atom is 0.230 e. The first-order valence-electron chi connectivity index (χ1n) is 7.91. The third-order valence-electron chi connectivity index (χ3n) is 4.38. The standard InChI is InChI=1S/C19H19ClFNO2/c1-24-16-7-5-13(6-8-16)12-22-18-14(3-2-4-17(18)21)11-15(9-10-20)19(22)23/h2-8,15H,9-12H2,1H3. The van der Waals surface area contributed by atoms with Gasteiger partial charge in [-0.1, -0.05) is 24.3 Å². The molecule has 1 amide bonds. The van der Waals surface area contributed by atoms with Gasteiger partial charge in [-0.2, -0.15) is 0 Å². The van der Waals surface area contributed by atoms with E-state index >= 15 is 0 Å². The lowest BCUT2D eigenvalue weighted by atomic mass is 9.89. The first-order valence-corrected chi connectivity index (χ1v) is 8.45. The van der Waals surface area contributed by atoms with Gasteiger partial charge in [-0.3, -0.25) is 4.79 Å². The predicted molar refractivity (Wildman–Crippen MR) is 93.1 cm³/mol. The highest BCUT2D eigenvalue weighted by atomic mass is 35.5. The molecule has 3 nitrogen and oxygen atoms in total. The fourth-order valence-corrected chi connectivity index (χ4v) is 3.40. The summed E-state index contributed by atoms with van der Waals surface area (Å²) in [6.45, 7) is 0.329. The lowest BCUT2D eigenvalue weighted by Crippen LogP contribution is -2.41. The smallest absolute Gasteiger partial charge is 0.230 e. The number of carbonyl (C=O) groups is 1. The van der Waals surface area contributed by atoms with Gasteiger partial charge in [-0.15, -0.1) is 11.6 Å². The average Bonchev–Trinajstić information content (AvgIpc) is 2.59. The number of carbonyl (C=O) groups excluding carboxylic acids is 1. The molecule has 1 aliphatic rings. The summed E-state index contributed by atoms with van der Waals surface area (Å²) in [4.78, 5) is 14.4. The number of nitrogens with zero attached hydrogens (tertiary/aromatic N) is 1. The van der Waals surface area contributed by atoms with Crippen LogP contribution in [0.2, 0.25) is 0 Å². The van der Waals surface area contributed by atoms with Crippen molar-refractivity contribution in [3.8, 4) is 5.75 Å². The van der Waals surface area contributed by atoms with Crippen molar-refractivity contribution in [2.24, 2.45) is 5.92 Å². The maximum atomic E-state index is 14.4. The van der Waals surface area contributed by atoms with Crippen molar-refractivity contribution >= 4 is 23.2 Å². The number of ether oxygens (including phenoxy) is 1. The van der Waals surface area contributed by atoms with E-state index in [0.29, 0.717) is 31.0 Å². The lowest BCUT2D eigenvalue weighted by Gasteiger charge is -2.34. The van der Waals surface area contributed by atoms with Crippen molar-refractivity contribution in [2.75, 3.05) is 17.9 Å². The summed E-state index contributed by atoms with van der Waals surface area (Å²) in [5.41, 5.74) is 2.17. The molecule has 0 bridgehead atoms. The van der Waals surface area contributed by atoms with E-state index in [0.717, 1.165) is 16.9 Å². The van der Waals surface area contributed by atoms with Gasteiger partial charge in [0.05, 0.1) is 19.3 Å². The van der Waals surface area contributed by atoms with Crippen molar-refractivity contribution in [2.45, 2.75) is 19.4 Å². The number of fused-ring (bicyclic) bond motifs is 1. The number of alkyl halides is 1. The Balaban J connectivity index is 1.95. The molecule has 1 heterocycles. The van der Waals surface area contributed by atoms with Crippen LogP contribution in [0.15, 0.2) is 42.5 Å². The third-order valence-corrected chi connectivity index (χ3v) is 4.60. The van der Waals surface area contributed by atoms with Crippen molar-refractivity contribution < 1.29 is 13.9 Å². The molecule has 5 heteroatoms. The topological polar surface area (TPSA) is 29.5 Å². The Morgan fingerprint density at radius 1 is 1.25 bits per heavy atom. The number of methoxy groups -OCH3 is 1. The molecule has 24 heavy (non-hydrogen) atoms. The van der Waals surface area contributed by atoms with Crippen LogP contribution < -0.4 is 9.64 Å². The first kappa shape index (κ1) is 16.8. The molecular formula is C19H19ClFNO2. The molecular weight excluding hydrogens is 329 g/mol. The minimum absolute atomic E-state index is 0.0657. The molecule has 3 rings (SSSR count). The van der Waals surface area contributed by atoms with Crippen LogP contribution in [0.5, 0.6) is 5.75 Å². The third kappa shape index (κ3) is 3.24. The van der Waals surface area contributed by atoms with Crippen LogP contribution >= 0.6 is 11.6 Å². The van der Waals surface area contributed by atoms with E-state index in [4.69, 9.17) is 16.3 Å². The number of anilines is 1. The van der Waals surface area contributed by atoms with Crippen LogP contribution in [0.4, 0.5) is 10.1 Å². The summed E-state index contributed by atoms with van der Waals surface area (Å²) < 4.78 is 19.5. The number of hydrogen-bond donors (Lipinski definition) is 0. The molecule has 126 valence electrons. The van der Waals surface area contributed by atoms with Crippen LogP contribution in [-0.2, 0) is 17.8 Å². The van der Waals surface area contributed by atoms with E-state index in [1.807, 2.05) is 30.3 Å². The van der Waals surface area contributed by atoms with Crippen molar-refractivity contribution in [3.05, 3.63) is 59.4 Å². The molecule has 0 aromatic heterocycles. The van der Waals surface area contributed by atoms with Gasteiger partial charge in [0.25, 0.3) is 0 Å². The second kappa shape index (κ2) is 7.22. The molecule has 1 unspecified atom stereocenters. The SMILES string of the molecule is COc1ccc(CN2C(=O)C(CCCl)Cc3cccc(F)c32)cc1. The Kier molecular flexibility index (Phi) is 5.05. The van der Waals surface area contributed by atoms with Crippen LogP contribution in [0.3, 0.4) is 0 Å². The Morgan fingerprint density at radius 2 is 2.00 bits per heavy atom. The summed E-state index contributed by atoms with van der Waals surface area (Å²) in [5, 5.41) is 0. The molecule has 0 N–H and O–H groups in total. The number of halogens is 2. The number of benzene rings is 2. The molecule has 0 fully saturated rings. The highest BCUT2D eigenvalue weighted by Crippen LogP contribution is 2.35. The van der Waals surface area contributed by atoms with Gasteiger partial charge < -0.3 is 9.64 Å². The normalized spacial score (nSPS) is 16.9. The Labute approximate surface area is 146 Å². The van der Waals surface area contributed by atoms with Crippen LogP contribution in [0.1, 0.15) is 17.5 Å². The van der Waals surface area contributed by atoms with Gasteiger partial charge >= 0.3 is 0 Å². The molecule has 0 saturated heterocycles. The van der Waals surface area contributed by atoms with Crippen LogP contribution in [-0.4, -0.2) is 18.9 Å². The van der Waals surface area contributed by atoms with E-state index < -0.39 is 0 Å². The highest BCUT2D eigenvalue weighted by Gasteiger charge is 2.34. The monoisotopic (exact) mass is 347 g/mol. The van der Waals surface area contributed by atoms with Crippen molar-refractivity contribution in [3.63, 3.8) is 0 Å². The largest absolute Gasteiger partial charge is 0.497 e. The molecule has 0 spiro atoms. The van der Waals surface area contributed by atoms with Gasteiger partial charge in [0.15, 0.2) is 0 Å². The highest BCUT2D eigenvalue weighted by molar-refractivity contribution is 6.18. The minimum Gasteiger partial charge on any atom is -0.497 e. The first-order chi connectivity index (χ1) is 11.6. The summed E-state index contributed by atoms with van der Waals surface area (Å²) in [6, 6.07) is 12.4. The quantitative estimate of drug-likeness (QED) is 0.760. The molecule has 2 aromatic rings. The van der Waals surface area contributed by atoms with E-state index in [1.54, 1.807) is 18.1 Å². The Morgan fingerprint density at radius 3 is 2.67 bits per heavy atom. The second-order valence-electron chi connectivity index (χ2n) is 5.90. The van der Waals surface area contributed by atoms with E-state index in [-0.39, 0.29) is 17.6 Å². The molecule has 1 aliphatic heterocycles. The zero-order valence-corrected chi connectivity index (χ0v) is 14.2. The number of amides is 1. The maximum absolute atomic E-state index is 14.4. The number of hydrogen-bond acceptors (Lipinski definition) is 2. The summed E-state index contributed by atoms with van der Waals surface area (Å²) in [6.07, 6.45) is 1.13. The molecule has 0 saturated carbocycles. The summed E-state index contributed by atoms with van der Waals surface area (Å²) in [5.74, 6) is 0.533. The van der Waals surface area contributed by atoms with Crippen LogP contribution in [0, 0.1) is 11.7 Å². The Bertz CT molecular complexity index is 733. The summed E-state index contributed by atoms with van der Waals surface area (Å²) in [7, 11) is 1.60. The minimum atomic E-state index is -0.362. The average molecular weight is 348 g/mol. The predicted octanol–water partition coefficient (Wildman–Crippen LogP) is 4.17. The van der Waals surface area contributed by atoms with Gasteiger partial charge in [-0.05, 0) is 42.2 Å². The van der Waals surface area contributed by atoms with Gasteiger partial charge in [0.1, 0.15) is 11.6 Å². The second-order valence-corrected chi connectivity index (χ2v) is 6.28. The van der Waals surface area contributed by atoms with E-state index in [2.05, 4.69) is 0 Å². The van der Waals surface area contributed by atoms with Crippen LogP contribution in [0.25, 0.3) is 0 Å². The van der Waals surface area contributed by atoms with Gasteiger partial charge in [0.2, 0.25) is 5.91 Å². The van der Waals surface area contributed by atoms with E-state index in [1.165, 1.54) is 6.07 Å². The fourth-order valence-electron chi connectivity index (χ4n) is 3.14. The fraction of sp³-hybridized carbons (Fsp3) is 0.316. The Hall–Kier alpha value is -2.07. The summed E-state index contributed by atoms with van der Waals surface area (Å²) >= 11 is 5.84. The molecule has 0 aliphatic carbocycles. The van der Waals surface area contributed by atoms with Crippen molar-refractivity contribution in [1.82, 2.24) is 0 Å². The number of rotatable bonds is 5. The zero-order chi connectivity index (χ0) is 17.1. The molecule has 2 aromatic carbocycles. The molecule has 1 atom stereocenters.